The van der Waals surface area contributed by atoms with Crippen LogP contribution in [0.25, 0.3) is 20.8 Å². The van der Waals surface area contributed by atoms with E-state index in [-0.39, 0.29) is 11.5 Å². The van der Waals surface area contributed by atoms with Crippen LogP contribution < -0.4 is 5.32 Å². The summed E-state index contributed by atoms with van der Waals surface area (Å²) in [4.78, 5) is 16.9. The molecule has 1 aromatic heterocycles. The number of aromatic nitrogens is 1. The number of nitrogens with zero attached hydrogens (tertiary/aromatic N) is 1. The summed E-state index contributed by atoms with van der Waals surface area (Å²) >= 11 is 7.87. The van der Waals surface area contributed by atoms with Gasteiger partial charge in [0.2, 0.25) is 0 Å². The van der Waals surface area contributed by atoms with Crippen molar-refractivity contribution in [1.82, 2.24) is 4.98 Å². The first-order valence-corrected chi connectivity index (χ1v) is 9.02. The minimum atomic E-state index is -0.455. The fraction of sp³-hybridized carbons (Fsp3) is 0. The van der Waals surface area contributed by atoms with Crippen molar-refractivity contribution in [3.63, 3.8) is 0 Å². The number of benzene rings is 3. The number of hydrogen-bond donors (Lipinski definition) is 1. The van der Waals surface area contributed by atoms with Gasteiger partial charge in [0.15, 0.2) is 0 Å². The number of hydrogen-bond acceptors (Lipinski definition) is 3. The van der Waals surface area contributed by atoms with E-state index in [1.54, 1.807) is 24.3 Å². The maximum Gasteiger partial charge on any atom is 0.255 e. The van der Waals surface area contributed by atoms with Crippen LogP contribution in [-0.2, 0) is 0 Å². The summed E-state index contributed by atoms with van der Waals surface area (Å²) in [6, 6.07) is 18.6. The second-order valence-electron chi connectivity index (χ2n) is 5.65. The second kappa shape index (κ2) is 6.86. The predicted molar refractivity (Wildman–Crippen MR) is 104 cm³/mol. The van der Waals surface area contributed by atoms with Gasteiger partial charge in [-0.15, -0.1) is 11.3 Å². The van der Waals surface area contributed by atoms with Crippen LogP contribution in [0.15, 0.2) is 66.7 Å². The number of carbonyl (C=O) groups is 1. The molecule has 0 fully saturated rings. The maximum atomic E-state index is 13.3. The molecule has 128 valence electrons. The van der Waals surface area contributed by atoms with E-state index in [9.17, 15) is 9.18 Å². The Morgan fingerprint density at radius 1 is 1.04 bits per heavy atom. The highest BCUT2D eigenvalue weighted by Crippen LogP contribution is 2.35. The van der Waals surface area contributed by atoms with Crippen molar-refractivity contribution in [2.45, 2.75) is 0 Å². The minimum Gasteiger partial charge on any atom is -0.322 e. The molecule has 0 radical (unpaired) electrons. The van der Waals surface area contributed by atoms with E-state index in [0.717, 1.165) is 20.8 Å². The summed E-state index contributed by atoms with van der Waals surface area (Å²) in [5.74, 6) is -0.842. The van der Waals surface area contributed by atoms with Gasteiger partial charge in [-0.05, 0) is 48.5 Å². The van der Waals surface area contributed by atoms with Crippen molar-refractivity contribution in [3.05, 3.63) is 83.1 Å². The Hall–Kier alpha value is -2.76. The number of carbonyl (C=O) groups excluding carboxylic acids is 1. The van der Waals surface area contributed by atoms with E-state index >= 15 is 0 Å². The zero-order valence-corrected chi connectivity index (χ0v) is 14.9. The lowest BCUT2D eigenvalue weighted by atomic mass is 10.1. The summed E-state index contributed by atoms with van der Waals surface area (Å²) in [6.45, 7) is 0. The van der Waals surface area contributed by atoms with Gasteiger partial charge in [-0.1, -0.05) is 29.8 Å². The molecule has 0 saturated heterocycles. The van der Waals surface area contributed by atoms with E-state index in [4.69, 9.17) is 11.6 Å². The summed E-state index contributed by atoms with van der Waals surface area (Å²) in [6.07, 6.45) is 0. The molecule has 3 aromatic carbocycles. The van der Waals surface area contributed by atoms with E-state index in [0.29, 0.717) is 10.7 Å². The Balaban J connectivity index is 1.67. The van der Waals surface area contributed by atoms with Gasteiger partial charge >= 0.3 is 0 Å². The lowest BCUT2D eigenvalue weighted by Crippen LogP contribution is -2.12. The largest absolute Gasteiger partial charge is 0.322 e. The Morgan fingerprint density at radius 2 is 1.88 bits per heavy atom. The van der Waals surface area contributed by atoms with Crippen molar-refractivity contribution in [1.29, 1.82) is 0 Å². The molecule has 1 amide bonds. The van der Waals surface area contributed by atoms with Gasteiger partial charge in [0.25, 0.3) is 5.91 Å². The molecule has 1 N–H and O–H groups in total. The summed E-state index contributed by atoms with van der Waals surface area (Å²) in [5.41, 5.74) is 2.46. The molecule has 0 bridgehead atoms. The highest BCUT2D eigenvalue weighted by molar-refractivity contribution is 7.21. The number of para-hydroxylation sites is 1. The van der Waals surface area contributed by atoms with Gasteiger partial charge in [-0.3, -0.25) is 4.79 Å². The van der Waals surface area contributed by atoms with Crippen LogP contribution in [-0.4, -0.2) is 10.9 Å². The number of nitrogens with one attached hydrogen (secondary N) is 1. The Labute approximate surface area is 158 Å². The first-order chi connectivity index (χ1) is 12.6. The Bertz CT molecular complexity index is 1090. The van der Waals surface area contributed by atoms with Crippen molar-refractivity contribution in [2.75, 3.05) is 5.32 Å². The van der Waals surface area contributed by atoms with Crippen LogP contribution in [0.4, 0.5) is 10.1 Å². The Morgan fingerprint density at radius 3 is 2.69 bits per heavy atom. The SMILES string of the molecule is O=C(Nc1ccc(Cl)c(-c2nc3ccccc3s2)c1)c1cccc(F)c1. The quantitative estimate of drug-likeness (QED) is 0.471. The van der Waals surface area contributed by atoms with Gasteiger partial charge in [0.05, 0.1) is 15.2 Å². The normalized spacial score (nSPS) is 10.8. The maximum absolute atomic E-state index is 13.3. The number of fused-ring (bicyclic) bond motifs is 1. The topological polar surface area (TPSA) is 42.0 Å². The van der Waals surface area contributed by atoms with Gasteiger partial charge in [-0.2, -0.15) is 0 Å². The van der Waals surface area contributed by atoms with Crippen LogP contribution >= 0.6 is 22.9 Å². The number of amides is 1. The van der Waals surface area contributed by atoms with Crippen molar-refractivity contribution in [2.24, 2.45) is 0 Å². The molecule has 26 heavy (non-hydrogen) atoms. The first kappa shape index (κ1) is 16.7. The molecule has 4 rings (SSSR count). The third-order valence-corrected chi connectivity index (χ3v) is 5.23. The van der Waals surface area contributed by atoms with Gasteiger partial charge in [0, 0.05) is 16.8 Å². The predicted octanol–water partition coefficient (Wildman–Crippen LogP) is 6.01. The van der Waals surface area contributed by atoms with Crippen LogP contribution in [0.3, 0.4) is 0 Å². The molecular formula is C20H12ClFN2OS. The molecule has 0 aliphatic carbocycles. The summed E-state index contributed by atoms with van der Waals surface area (Å²) in [7, 11) is 0. The molecule has 0 atom stereocenters. The lowest BCUT2D eigenvalue weighted by molar-refractivity contribution is 0.102. The minimum absolute atomic E-state index is 0.251. The average molecular weight is 383 g/mol. The van der Waals surface area contributed by atoms with Crippen LogP contribution in [0.1, 0.15) is 10.4 Å². The highest BCUT2D eigenvalue weighted by Gasteiger charge is 2.13. The van der Waals surface area contributed by atoms with Crippen molar-refractivity contribution < 1.29 is 9.18 Å². The average Bonchev–Trinajstić information content (AvgIpc) is 3.07. The van der Waals surface area contributed by atoms with E-state index in [1.165, 1.54) is 29.5 Å². The van der Waals surface area contributed by atoms with Crippen molar-refractivity contribution >= 4 is 44.7 Å². The zero-order valence-electron chi connectivity index (χ0n) is 13.4. The van der Waals surface area contributed by atoms with Crippen LogP contribution in [0.5, 0.6) is 0 Å². The standard InChI is InChI=1S/C20H12ClFN2OS/c21-16-9-8-14(23-19(25)12-4-3-5-13(22)10-12)11-15(16)20-24-17-6-1-2-7-18(17)26-20/h1-11H,(H,23,25). The molecule has 0 aliphatic rings. The smallest absolute Gasteiger partial charge is 0.255 e. The molecule has 0 spiro atoms. The summed E-state index contributed by atoms with van der Waals surface area (Å²) < 4.78 is 14.4. The first-order valence-electron chi connectivity index (χ1n) is 7.82. The number of anilines is 1. The lowest BCUT2D eigenvalue weighted by Gasteiger charge is -2.08. The fourth-order valence-electron chi connectivity index (χ4n) is 2.59. The van der Waals surface area contributed by atoms with Gasteiger partial charge in [-0.25, -0.2) is 9.37 Å². The van der Waals surface area contributed by atoms with Gasteiger partial charge in [0.1, 0.15) is 10.8 Å². The third-order valence-electron chi connectivity index (χ3n) is 3.84. The van der Waals surface area contributed by atoms with Crippen LogP contribution in [0, 0.1) is 5.82 Å². The molecule has 6 heteroatoms. The Kier molecular flexibility index (Phi) is 4.41. The highest BCUT2D eigenvalue weighted by atomic mass is 35.5. The fourth-order valence-corrected chi connectivity index (χ4v) is 3.85. The van der Waals surface area contributed by atoms with E-state index in [2.05, 4.69) is 10.3 Å². The summed E-state index contributed by atoms with van der Waals surface area (Å²) in [5, 5.41) is 4.09. The zero-order chi connectivity index (χ0) is 18.1. The second-order valence-corrected chi connectivity index (χ2v) is 7.08. The number of thiazole rings is 1. The van der Waals surface area contributed by atoms with Crippen molar-refractivity contribution in [3.8, 4) is 10.6 Å². The number of halogens is 2. The van der Waals surface area contributed by atoms with Crippen LogP contribution in [0.2, 0.25) is 5.02 Å². The van der Waals surface area contributed by atoms with E-state index < -0.39 is 5.82 Å². The monoisotopic (exact) mass is 382 g/mol. The molecule has 3 nitrogen and oxygen atoms in total. The third kappa shape index (κ3) is 3.31. The van der Waals surface area contributed by atoms with Gasteiger partial charge < -0.3 is 5.32 Å². The van der Waals surface area contributed by atoms with E-state index in [1.807, 2.05) is 24.3 Å². The molecule has 0 aliphatic heterocycles. The molecule has 0 saturated carbocycles. The molecule has 4 aromatic rings. The number of rotatable bonds is 3. The molecule has 0 unspecified atom stereocenters. The molecular weight excluding hydrogens is 371 g/mol. The molecule has 1 heterocycles.